The summed E-state index contributed by atoms with van der Waals surface area (Å²) in [6.07, 6.45) is 1.51. The smallest absolute Gasteiger partial charge is 0.365 e. The van der Waals surface area contributed by atoms with Gasteiger partial charge in [-0.15, -0.1) is 0 Å². The van der Waals surface area contributed by atoms with Crippen molar-refractivity contribution in [2.75, 3.05) is 19.0 Å². The van der Waals surface area contributed by atoms with E-state index in [1.807, 2.05) is 49.3 Å². The summed E-state index contributed by atoms with van der Waals surface area (Å²) in [5.74, 6) is -0.466. The first-order chi connectivity index (χ1) is 9.66. The van der Waals surface area contributed by atoms with Crippen LogP contribution in [0.3, 0.4) is 0 Å². The number of hydrogen-bond donors (Lipinski definition) is 0. The normalized spacial score (nSPS) is 10.5. The molecule has 0 radical (unpaired) electrons. The zero-order chi connectivity index (χ0) is 14.4. The van der Waals surface area contributed by atoms with Crippen LogP contribution in [0.4, 0.5) is 5.69 Å². The van der Waals surface area contributed by atoms with Crippen molar-refractivity contribution < 1.29 is 9.63 Å². The van der Waals surface area contributed by atoms with Crippen molar-refractivity contribution in [3.05, 3.63) is 65.7 Å². The van der Waals surface area contributed by atoms with Crippen LogP contribution in [0, 0.1) is 0 Å². The molecule has 0 aliphatic carbocycles. The van der Waals surface area contributed by atoms with Gasteiger partial charge in [-0.3, -0.25) is 0 Å². The van der Waals surface area contributed by atoms with E-state index in [1.165, 1.54) is 6.21 Å². The molecule has 0 saturated carbocycles. The van der Waals surface area contributed by atoms with E-state index in [0.717, 1.165) is 11.3 Å². The number of rotatable bonds is 4. The predicted molar refractivity (Wildman–Crippen MR) is 80.2 cm³/mol. The van der Waals surface area contributed by atoms with Gasteiger partial charge in [0.1, 0.15) is 0 Å². The van der Waals surface area contributed by atoms with Crippen LogP contribution >= 0.6 is 0 Å². The summed E-state index contributed by atoms with van der Waals surface area (Å²) >= 11 is 0. The van der Waals surface area contributed by atoms with E-state index in [4.69, 9.17) is 4.84 Å². The fraction of sp³-hybridized carbons (Fsp3) is 0.125. The molecule has 0 unspecified atom stereocenters. The Morgan fingerprint density at radius 2 is 1.70 bits per heavy atom. The third-order valence-electron chi connectivity index (χ3n) is 2.76. The highest BCUT2D eigenvalue weighted by molar-refractivity contribution is 5.90. The van der Waals surface area contributed by atoms with Crippen LogP contribution in [0.1, 0.15) is 15.9 Å². The van der Waals surface area contributed by atoms with Gasteiger partial charge in [-0.1, -0.05) is 35.5 Å². The molecule has 2 aromatic carbocycles. The highest BCUT2D eigenvalue weighted by atomic mass is 16.7. The van der Waals surface area contributed by atoms with Crippen LogP contribution in [0.25, 0.3) is 0 Å². The quantitative estimate of drug-likeness (QED) is 0.486. The van der Waals surface area contributed by atoms with Crippen molar-refractivity contribution in [3.63, 3.8) is 0 Å². The van der Waals surface area contributed by atoms with E-state index in [2.05, 4.69) is 5.16 Å². The molecule has 0 aromatic heterocycles. The van der Waals surface area contributed by atoms with Crippen molar-refractivity contribution in [2.24, 2.45) is 5.16 Å². The molecule has 0 heterocycles. The SMILES string of the molecule is CN(C)c1ccc(/C=N/OC(=O)c2ccccc2)cc1. The molecular formula is C16H16N2O2. The molecule has 4 nitrogen and oxygen atoms in total. The third-order valence-corrected chi connectivity index (χ3v) is 2.76. The maximum absolute atomic E-state index is 11.6. The number of carbonyl (C=O) groups excluding carboxylic acids is 1. The van der Waals surface area contributed by atoms with Crippen molar-refractivity contribution in [2.45, 2.75) is 0 Å². The Morgan fingerprint density at radius 1 is 1.05 bits per heavy atom. The fourth-order valence-electron chi connectivity index (χ4n) is 1.62. The standard InChI is InChI=1S/C16H16N2O2/c1-18(2)15-10-8-13(9-11-15)12-17-20-16(19)14-6-4-3-5-7-14/h3-12H,1-2H3/b17-12+. The second-order valence-electron chi connectivity index (χ2n) is 4.47. The minimum Gasteiger partial charge on any atom is -0.378 e. The topological polar surface area (TPSA) is 41.9 Å². The van der Waals surface area contributed by atoms with E-state index >= 15 is 0 Å². The first kappa shape index (κ1) is 13.8. The average Bonchev–Trinajstić information content (AvgIpc) is 2.48. The Hall–Kier alpha value is -2.62. The molecule has 0 atom stereocenters. The van der Waals surface area contributed by atoms with E-state index in [1.54, 1.807) is 24.3 Å². The molecule has 2 aromatic rings. The largest absolute Gasteiger partial charge is 0.378 e. The summed E-state index contributed by atoms with van der Waals surface area (Å²) in [6.45, 7) is 0. The Kier molecular flexibility index (Phi) is 4.50. The lowest BCUT2D eigenvalue weighted by Gasteiger charge is -2.11. The molecule has 0 aliphatic rings. The number of nitrogens with zero attached hydrogens (tertiary/aromatic N) is 2. The second-order valence-corrected chi connectivity index (χ2v) is 4.47. The molecular weight excluding hydrogens is 252 g/mol. The summed E-state index contributed by atoms with van der Waals surface area (Å²) in [4.78, 5) is 18.5. The lowest BCUT2D eigenvalue weighted by atomic mass is 10.2. The van der Waals surface area contributed by atoms with Gasteiger partial charge in [-0.2, -0.15) is 0 Å². The molecule has 0 saturated heterocycles. The van der Waals surface area contributed by atoms with E-state index in [9.17, 15) is 4.79 Å². The molecule has 0 N–H and O–H groups in total. The van der Waals surface area contributed by atoms with Crippen LogP contribution < -0.4 is 4.90 Å². The molecule has 0 spiro atoms. The highest BCUT2D eigenvalue weighted by Crippen LogP contribution is 2.11. The second kappa shape index (κ2) is 6.52. The Balaban J connectivity index is 1.95. The molecule has 0 aliphatic heterocycles. The summed E-state index contributed by atoms with van der Waals surface area (Å²) in [5, 5.41) is 3.70. The zero-order valence-corrected chi connectivity index (χ0v) is 11.5. The zero-order valence-electron chi connectivity index (χ0n) is 11.5. The Bertz CT molecular complexity index is 590. The number of oxime groups is 1. The average molecular weight is 268 g/mol. The van der Waals surface area contributed by atoms with Gasteiger partial charge in [0.15, 0.2) is 0 Å². The Morgan fingerprint density at radius 3 is 2.30 bits per heavy atom. The van der Waals surface area contributed by atoms with Gasteiger partial charge in [-0.25, -0.2) is 4.79 Å². The molecule has 2 rings (SSSR count). The molecule has 4 heteroatoms. The summed E-state index contributed by atoms with van der Waals surface area (Å²) in [5.41, 5.74) is 2.45. The Labute approximate surface area is 118 Å². The lowest BCUT2D eigenvalue weighted by molar-refractivity contribution is 0.0519. The van der Waals surface area contributed by atoms with E-state index < -0.39 is 5.97 Å². The van der Waals surface area contributed by atoms with Gasteiger partial charge in [-0.05, 0) is 29.8 Å². The highest BCUT2D eigenvalue weighted by Gasteiger charge is 2.04. The predicted octanol–water partition coefficient (Wildman–Crippen LogP) is 2.94. The van der Waals surface area contributed by atoms with Crippen LogP contribution in [-0.2, 0) is 4.84 Å². The molecule has 0 amide bonds. The van der Waals surface area contributed by atoms with Crippen LogP contribution in [-0.4, -0.2) is 26.3 Å². The molecule has 20 heavy (non-hydrogen) atoms. The van der Waals surface area contributed by atoms with Crippen molar-refractivity contribution in [1.29, 1.82) is 0 Å². The van der Waals surface area contributed by atoms with Gasteiger partial charge in [0, 0.05) is 19.8 Å². The molecule has 102 valence electrons. The molecule has 0 bridgehead atoms. The fourth-order valence-corrected chi connectivity index (χ4v) is 1.62. The number of carbonyl (C=O) groups is 1. The lowest BCUT2D eigenvalue weighted by Crippen LogP contribution is -2.08. The first-order valence-electron chi connectivity index (χ1n) is 6.24. The van der Waals surface area contributed by atoms with E-state index in [0.29, 0.717) is 5.56 Å². The van der Waals surface area contributed by atoms with Crippen LogP contribution in [0.2, 0.25) is 0 Å². The molecule has 0 fully saturated rings. The van der Waals surface area contributed by atoms with Gasteiger partial charge >= 0.3 is 5.97 Å². The number of benzene rings is 2. The minimum atomic E-state index is -0.466. The van der Waals surface area contributed by atoms with Crippen LogP contribution in [0.15, 0.2) is 59.8 Å². The maximum atomic E-state index is 11.6. The van der Waals surface area contributed by atoms with Crippen molar-refractivity contribution >= 4 is 17.9 Å². The summed E-state index contributed by atoms with van der Waals surface area (Å²) in [7, 11) is 3.95. The summed E-state index contributed by atoms with van der Waals surface area (Å²) in [6, 6.07) is 16.5. The number of hydrogen-bond acceptors (Lipinski definition) is 4. The van der Waals surface area contributed by atoms with Gasteiger partial charge < -0.3 is 9.74 Å². The summed E-state index contributed by atoms with van der Waals surface area (Å²) < 4.78 is 0. The van der Waals surface area contributed by atoms with Gasteiger partial charge in [0.25, 0.3) is 0 Å². The maximum Gasteiger partial charge on any atom is 0.365 e. The third kappa shape index (κ3) is 3.68. The van der Waals surface area contributed by atoms with E-state index in [-0.39, 0.29) is 0 Å². The van der Waals surface area contributed by atoms with Gasteiger partial charge in [0.05, 0.1) is 11.8 Å². The van der Waals surface area contributed by atoms with Crippen LogP contribution in [0.5, 0.6) is 0 Å². The minimum absolute atomic E-state index is 0.466. The van der Waals surface area contributed by atoms with Crippen molar-refractivity contribution in [3.8, 4) is 0 Å². The van der Waals surface area contributed by atoms with Crippen molar-refractivity contribution in [1.82, 2.24) is 0 Å². The monoisotopic (exact) mass is 268 g/mol. The van der Waals surface area contributed by atoms with Gasteiger partial charge in [0.2, 0.25) is 0 Å². The number of anilines is 1. The first-order valence-corrected chi connectivity index (χ1v) is 6.24.